The highest BCUT2D eigenvalue weighted by Gasteiger charge is 2.25. The third kappa shape index (κ3) is 5.92. The van der Waals surface area contributed by atoms with Gasteiger partial charge in [-0.3, -0.25) is 0 Å². The Balaban J connectivity index is 1.57. The minimum absolute atomic E-state index is 0.0520. The molecule has 0 saturated carbocycles. The summed E-state index contributed by atoms with van der Waals surface area (Å²) in [6, 6.07) is 33.0. The van der Waals surface area contributed by atoms with Gasteiger partial charge in [-0.25, -0.2) is 0 Å². The molecule has 0 amide bonds. The van der Waals surface area contributed by atoms with E-state index in [0.717, 1.165) is 15.8 Å². The average Bonchev–Trinajstić information content (AvgIpc) is 3.51. The largest absolute Gasteiger partial charge is 0.308 e. The minimum atomic E-state index is 0.0520. The van der Waals surface area contributed by atoms with Crippen LogP contribution in [-0.2, 0) is 21.7 Å². The van der Waals surface area contributed by atoms with Gasteiger partial charge in [0.05, 0.1) is 37.9 Å². The maximum absolute atomic E-state index is 4.24. The van der Waals surface area contributed by atoms with E-state index in [4.69, 9.17) is 0 Å². The number of hydrogen-bond acceptors (Lipinski definition) is 0. The zero-order valence-corrected chi connectivity index (χ0v) is 35.5. The van der Waals surface area contributed by atoms with Gasteiger partial charge in [0, 0.05) is 25.1 Å². The lowest BCUT2D eigenvalue weighted by Gasteiger charge is -2.20. The van der Waals surface area contributed by atoms with Crippen LogP contribution in [0, 0.1) is 3.57 Å². The maximum atomic E-state index is 4.24. The smallest absolute Gasteiger partial charge is 0.0657 e. The van der Waals surface area contributed by atoms with Gasteiger partial charge in [0.2, 0.25) is 0 Å². The lowest BCUT2D eigenvalue weighted by Crippen LogP contribution is -2.10. The van der Waals surface area contributed by atoms with Crippen LogP contribution in [0.25, 0.3) is 55.0 Å². The number of hydrogen-bond donors (Lipinski definition) is 0. The summed E-state index contributed by atoms with van der Waals surface area (Å²) in [4.78, 5) is 0. The molecule has 0 spiro atoms. The van der Waals surface area contributed by atoms with Gasteiger partial charge in [-0.1, -0.05) is 107 Å². The van der Waals surface area contributed by atoms with Gasteiger partial charge in [-0.05, 0) is 143 Å². The first-order valence-corrected chi connectivity index (χ1v) is 19.7. The summed E-state index contributed by atoms with van der Waals surface area (Å²) in [7, 11) is 0. The van der Waals surface area contributed by atoms with Crippen molar-refractivity contribution in [1.82, 2.24) is 9.13 Å². The van der Waals surface area contributed by atoms with E-state index in [1.54, 1.807) is 0 Å². The van der Waals surface area contributed by atoms with Crippen molar-refractivity contribution >= 4 is 82.1 Å². The molecule has 7 rings (SSSR count). The molecule has 0 aliphatic rings. The first-order valence-electron chi connectivity index (χ1n) is 17.8. The van der Waals surface area contributed by atoms with E-state index in [1.807, 2.05) is 0 Å². The molecule has 0 aliphatic heterocycles. The topological polar surface area (TPSA) is 9.86 Å². The van der Waals surface area contributed by atoms with Crippen LogP contribution in [0.4, 0.5) is 0 Å². The highest BCUT2D eigenvalue weighted by Crippen LogP contribution is 2.44. The van der Waals surface area contributed by atoms with Crippen molar-refractivity contribution in [3.63, 3.8) is 0 Å². The number of rotatable bonds is 2. The Hall–Kier alpha value is -3.09. The molecule has 2 heterocycles. The fourth-order valence-corrected chi connectivity index (χ4v) is 8.49. The van der Waals surface area contributed by atoms with E-state index in [0.29, 0.717) is 0 Å². The molecule has 2 aromatic heterocycles. The van der Waals surface area contributed by atoms with E-state index in [2.05, 4.69) is 216 Å². The van der Waals surface area contributed by atoms with E-state index < -0.39 is 0 Å². The van der Waals surface area contributed by atoms with E-state index >= 15 is 0 Å². The molecule has 50 heavy (non-hydrogen) atoms. The van der Waals surface area contributed by atoms with Gasteiger partial charge in [0.15, 0.2) is 0 Å². The van der Waals surface area contributed by atoms with Crippen molar-refractivity contribution in [2.24, 2.45) is 0 Å². The lowest BCUT2D eigenvalue weighted by atomic mass is 9.85. The van der Waals surface area contributed by atoms with Crippen molar-refractivity contribution in [2.45, 2.75) is 105 Å². The summed E-state index contributed by atoms with van der Waals surface area (Å²) >= 11 is 6.75. The Kier molecular flexibility index (Phi) is 8.27. The molecule has 0 aliphatic carbocycles. The second-order valence-electron chi connectivity index (χ2n) is 18.4. The van der Waals surface area contributed by atoms with Crippen LogP contribution in [-0.4, -0.2) is 9.13 Å². The molecule has 7 aromatic rings. The van der Waals surface area contributed by atoms with Crippen LogP contribution in [0.1, 0.15) is 105 Å². The highest BCUT2D eigenvalue weighted by atomic mass is 127. The monoisotopic (exact) mass is 836 g/mol. The standard InChI is InChI=1S/C46H50BrIN2/c1-43(2,3)27-13-17-36-32(21-27)33-22-28(44(4,5)6)14-18-37(33)49(36)40-25-31(48)26-41(42(40)47)50-38-19-15-29(45(7,8)9)23-34(38)35-24-30(46(10,11)12)16-20-39(35)50/h13-26H,1-12H3. The normalized spacial score (nSPS) is 13.4. The Morgan fingerprint density at radius 2 is 0.640 bits per heavy atom. The van der Waals surface area contributed by atoms with Crippen LogP contribution in [0.2, 0.25) is 0 Å². The molecule has 0 fully saturated rings. The Bertz CT molecular complexity index is 2170. The molecule has 0 radical (unpaired) electrons. The van der Waals surface area contributed by atoms with Crippen LogP contribution in [0.5, 0.6) is 0 Å². The Morgan fingerprint density at radius 3 is 0.860 bits per heavy atom. The van der Waals surface area contributed by atoms with Gasteiger partial charge in [-0.2, -0.15) is 0 Å². The Labute approximate surface area is 320 Å². The quantitative estimate of drug-likeness (QED) is 0.154. The summed E-state index contributed by atoms with van der Waals surface area (Å²) < 4.78 is 7.22. The molecule has 2 nitrogen and oxygen atoms in total. The zero-order chi connectivity index (χ0) is 36.3. The lowest BCUT2D eigenvalue weighted by molar-refractivity contribution is 0.590. The SMILES string of the molecule is CC(C)(C)c1ccc2c(c1)c1cc(C(C)(C)C)ccc1n2-c1cc(I)cc(-n2c3ccc(C(C)(C)C)cc3c3cc(C(C)(C)C)ccc32)c1Br. The molecule has 0 unspecified atom stereocenters. The molecule has 5 aromatic carbocycles. The number of benzene rings is 5. The third-order valence-corrected chi connectivity index (χ3v) is 11.9. The molecule has 258 valence electrons. The van der Waals surface area contributed by atoms with Gasteiger partial charge < -0.3 is 9.13 Å². The predicted molar refractivity (Wildman–Crippen MR) is 230 cm³/mol. The van der Waals surface area contributed by atoms with Gasteiger partial charge >= 0.3 is 0 Å². The number of nitrogens with zero attached hydrogens (tertiary/aromatic N) is 2. The predicted octanol–water partition coefficient (Wildman–Crippen LogP) is 14.4. The summed E-state index contributed by atoms with van der Waals surface area (Å²) in [5.74, 6) is 0. The van der Waals surface area contributed by atoms with Crippen LogP contribution in [0.3, 0.4) is 0 Å². The highest BCUT2D eigenvalue weighted by molar-refractivity contribution is 14.1. The second-order valence-corrected chi connectivity index (χ2v) is 20.4. The van der Waals surface area contributed by atoms with Crippen LogP contribution in [0.15, 0.2) is 89.4 Å². The van der Waals surface area contributed by atoms with Crippen molar-refractivity contribution in [3.8, 4) is 11.4 Å². The molecular weight excluding hydrogens is 787 g/mol. The molecule has 0 bridgehead atoms. The van der Waals surface area contributed by atoms with Crippen molar-refractivity contribution < 1.29 is 0 Å². The zero-order valence-electron chi connectivity index (χ0n) is 31.7. The molecule has 0 atom stereocenters. The molecule has 4 heteroatoms. The fraction of sp³-hybridized carbons (Fsp3) is 0.348. The average molecular weight is 838 g/mol. The number of halogens is 2. The van der Waals surface area contributed by atoms with Crippen LogP contribution < -0.4 is 0 Å². The van der Waals surface area contributed by atoms with Crippen molar-refractivity contribution in [2.75, 3.05) is 0 Å². The third-order valence-electron chi connectivity index (χ3n) is 10.5. The molecule has 0 N–H and O–H groups in total. The van der Waals surface area contributed by atoms with Crippen LogP contribution >= 0.6 is 38.5 Å². The molecule has 0 saturated heterocycles. The number of aromatic nitrogens is 2. The first kappa shape index (κ1) is 35.3. The maximum Gasteiger partial charge on any atom is 0.0657 e. The van der Waals surface area contributed by atoms with E-state index in [-0.39, 0.29) is 21.7 Å². The van der Waals surface area contributed by atoms with E-state index in [1.165, 1.54) is 69.4 Å². The summed E-state index contributed by atoms with van der Waals surface area (Å²) in [6.07, 6.45) is 0. The minimum Gasteiger partial charge on any atom is -0.308 e. The Morgan fingerprint density at radius 1 is 0.400 bits per heavy atom. The number of fused-ring (bicyclic) bond motifs is 6. The summed E-state index contributed by atoms with van der Waals surface area (Å²) in [6.45, 7) is 27.6. The van der Waals surface area contributed by atoms with Gasteiger partial charge in [-0.15, -0.1) is 0 Å². The summed E-state index contributed by atoms with van der Waals surface area (Å²) in [5, 5.41) is 5.19. The van der Waals surface area contributed by atoms with Gasteiger partial charge in [0.25, 0.3) is 0 Å². The molecular formula is C46H50BrIN2. The van der Waals surface area contributed by atoms with Gasteiger partial charge in [0.1, 0.15) is 0 Å². The van der Waals surface area contributed by atoms with E-state index in [9.17, 15) is 0 Å². The van der Waals surface area contributed by atoms with Crippen molar-refractivity contribution in [3.05, 3.63) is 115 Å². The van der Waals surface area contributed by atoms with Crippen molar-refractivity contribution in [1.29, 1.82) is 0 Å². The fourth-order valence-electron chi connectivity index (χ4n) is 7.32. The summed E-state index contributed by atoms with van der Waals surface area (Å²) in [5.41, 5.74) is 12.8. The second kappa shape index (κ2) is 11.7. The first-order chi connectivity index (χ1) is 23.1.